The molecule has 1 rings (SSSR count). The Bertz CT molecular complexity index is 513. The highest BCUT2D eigenvalue weighted by Gasteiger charge is 2.37. The molecule has 0 fully saturated rings. The van der Waals surface area contributed by atoms with Gasteiger partial charge in [0.2, 0.25) is 0 Å². The lowest BCUT2D eigenvalue weighted by molar-refractivity contribution is -0.167. The van der Waals surface area contributed by atoms with Gasteiger partial charge in [0.15, 0.2) is 5.92 Å². The molecule has 0 spiro atoms. The van der Waals surface area contributed by atoms with E-state index in [1.807, 2.05) is 0 Å². The standard InChI is InChI=1S/C13H17BrN2O4/c1-13(2,3)20-12(19)9(11(17)18)10(15)7-5-4-6-8(14)16-7/h4-6,9-10H,15H2,1-3H3,(H,17,18). The van der Waals surface area contributed by atoms with Crippen LogP contribution in [0.3, 0.4) is 0 Å². The van der Waals surface area contributed by atoms with Crippen LogP contribution in [0.25, 0.3) is 0 Å². The molecule has 110 valence electrons. The van der Waals surface area contributed by atoms with Crippen molar-refractivity contribution in [1.29, 1.82) is 0 Å². The van der Waals surface area contributed by atoms with Crippen molar-refractivity contribution in [2.45, 2.75) is 32.4 Å². The number of hydrogen-bond acceptors (Lipinski definition) is 5. The third kappa shape index (κ3) is 4.57. The molecule has 1 aromatic rings. The van der Waals surface area contributed by atoms with E-state index in [-0.39, 0.29) is 0 Å². The molecule has 0 radical (unpaired) electrons. The van der Waals surface area contributed by atoms with Crippen molar-refractivity contribution in [2.24, 2.45) is 11.7 Å². The van der Waals surface area contributed by atoms with Crippen LogP contribution in [0.1, 0.15) is 32.5 Å². The van der Waals surface area contributed by atoms with E-state index in [2.05, 4.69) is 20.9 Å². The third-order valence-electron chi connectivity index (χ3n) is 2.36. The van der Waals surface area contributed by atoms with Crippen LogP contribution in [0, 0.1) is 5.92 Å². The molecule has 0 aliphatic rings. The highest BCUT2D eigenvalue weighted by molar-refractivity contribution is 9.10. The Labute approximate surface area is 125 Å². The van der Waals surface area contributed by atoms with Crippen molar-refractivity contribution in [1.82, 2.24) is 4.98 Å². The summed E-state index contributed by atoms with van der Waals surface area (Å²) in [7, 11) is 0. The number of carboxylic acid groups (broad SMARTS) is 1. The molecule has 20 heavy (non-hydrogen) atoms. The number of hydrogen-bond donors (Lipinski definition) is 2. The van der Waals surface area contributed by atoms with E-state index in [0.717, 1.165) is 0 Å². The number of nitrogens with two attached hydrogens (primary N) is 1. The van der Waals surface area contributed by atoms with Crippen molar-refractivity contribution >= 4 is 27.9 Å². The lowest BCUT2D eigenvalue weighted by atomic mass is 9.97. The van der Waals surface area contributed by atoms with E-state index in [1.54, 1.807) is 39.0 Å². The zero-order valence-electron chi connectivity index (χ0n) is 11.5. The Kier molecular flexibility index (Phi) is 5.24. The summed E-state index contributed by atoms with van der Waals surface area (Å²) in [6.45, 7) is 4.98. The molecule has 0 bridgehead atoms. The fourth-order valence-corrected chi connectivity index (χ4v) is 1.90. The van der Waals surface area contributed by atoms with Gasteiger partial charge in [0.1, 0.15) is 10.2 Å². The van der Waals surface area contributed by atoms with Gasteiger partial charge < -0.3 is 15.6 Å². The average Bonchev–Trinajstić information content (AvgIpc) is 2.25. The molecule has 0 saturated carbocycles. The fourth-order valence-electron chi connectivity index (χ4n) is 1.55. The van der Waals surface area contributed by atoms with Gasteiger partial charge >= 0.3 is 11.9 Å². The molecular weight excluding hydrogens is 328 g/mol. The zero-order chi connectivity index (χ0) is 15.5. The van der Waals surface area contributed by atoms with Crippen molar-refractivity contribution in [3.8, 4) is 0 Å². The number of carboxylic acids is 1. The second-order valence-corrected chi connectivity index (χ2v) is 6.07. The first-order valence-electron chi connectivity index (χ1n) is 5.95. The second kappa shape index (κ2) is 6.32. The summed E-state index contributed by atoms with van der Waals surface area (Å²) in [6.07, 6.45) is 0. The van der Waals surface area contributed by atoms with E-state index >= 15 is 0 Å². The molecule has 1 heterocycles. The number of pyridine rings is 1. The van der Waals surface area contributed by atoms with Crippen LogP contribution in [0.5, 0.6) is 0 Å². The van der Waals surface area contributed by atoms with Crippen LogP contribution in [0.15, 0.2) is 22.8 Å². The molecule has 1 aromatic heterocycles. The highest BCUT2D eigenvalue weighted by Crippen LogP contribution is 2.23. The maximum Gasteiger partial charge on any atom is 0.322 e. The van der Waals surface area contributed by atoms with E-state index in [9.17, 15) is 14.7 Å². The van der Waals surface area contributed by atoms with E-state index < -0.39 is 29.5 Å². The van der Waals surface area contributed by atoms with Gasteiger partial charge in [0, 0.05) is 0 Å². The minimum atomic E-state index is -1.50. The van der Waals surface area contributed by atoms with Crippen molar-refractivity contribution in [3.05, 3.63) is 28.5 Å². The smallest absolute Gasteiger partial charge is 0.322 e. The minimum Gasteiger partial charge on any atom is -0.481 e. The van der Waals surface area contributed by atoms with E-state index in [0.29, 0.717) is 10.3 Å². The number of nitrogens with zero attached hydrogens (tertiary/aromatic N) is 1. The molecule has 7 heteroatoms. The number of aromatic nitrogens is 1. The number of ether oxygens (including phenoxy) is 1. The molecule has 0 amide bonds. The summed E-state index contributed by atoms with van der Waals surface area (Å²) < 4.78 is 5.61. The fraction of sp³-hybridized carbons (Fsp3) is 0.462. The summed E-state index contributed by atoms with van der Waals surface area (Å²) in [5.41, 5.74) is 5.38. The van der Waals surface area contributed by atoms with Gasteiger partial charge in [-0.1, -0.05) is 6.07 Å². The average molecular weight is 345 g/mol. The first-order chi connectivity index (χ1) is 9.11. The quantitative estimate of drug-likeness (QED) is 0.491. The van der Waals surface area contributed by atoms with Gasteiger partial charge in [-0.05, 0) is 48.8 Å². The first kappa shape index (κ1) is 16.6. The van der Waals surface area contributed by atoms with Gasteiger partial charge in [0.05, 0.1) is 11.7 Å². The molecular formula is C13H17BrN2O4. The largest absolute Gasteiger partial charge is 0.481 e. The van der Waals surface area contributed by atoms with Crippen LogP contribution in [0.4, 0.5) is 0 Å². The number of halogens is 1. The molecule has 0 aliphatic heterocycles. The SMILES string of the molecule is CC(C)(C)OC(=O)C(C(=O)O)C(N)c1cccc(Br)n1. The third-order valence-corrected chi connectivity index (χ3v) is 2.81. The summed E-state index contributed by atoms with van der Waals surface area (Å²) in [4.78, 5) is 27.4. The Morgan fingerprint density at radius 2 is 2.00 bits per heavy atom. The lowest BCUT2D eigenvalue weighted by Crippen LogP contribution is -2.39. The zero-order valence-corrected chi connectivity index (χ0v) is 13.0. The predicted octanol–water partition coefficient (Wildman–Crippen LogP) is 1.89. The van der Waals surface area contributed by atoms with Gasteiger partial charge in [-0.25, -0.2) is 4.98 Å². The number of carbonyl (C=O) groups excluding carboxylic acids is 1. The second-order valence-electron chi connectivity index (χ2n) is 5.26. The normalized spacial score (nSPS) is 14.4. The Hall–Kier alpha value is -1.47. The van der Waals surface area contributed by atoms with Crippen molar-refractivity contribution < 1.29 is 19.4 Å². The van der Waals surface area contributed by atoms with Crippen molar-refractivity contribution in [3.63, 3.8) is 0 Å². The minimum absolute atomic E-state index is 0.303. The van der Waals surface area contributed by atoms with Crippen LogP contribution >= 0.6 is 15.9 Å². The topological polar surface area (TPSA) is 103 Å². The van der Waals surface area contributed by atoms with Crippen molar-refractivity contribution in [2.75, 3.05) is 0 Å². The Morgan fingerprint density at radius 1 is 1.40 bits per heavy atom. The Morgan fingerprint density at radius 3 is 2.45 bits per heavy atom. The van der Waals surface area contributed by atoms with Gasteiger partial charge in [0.25, 0.3) is 0 Å². The number of carbonyl (C=O) groups is 2. The van der Waals surface area contributed by atoms with E-state index in [1.165, 1.54) is 0 Å². The van der Waals surface area contributed by atoms with Crippen LogP contribution in [-0.2, 0) is 14.3 Å². The van der Waals surface area contributed by atoms with Gasteiger partial charge in [-0.2, -0.15) is 0 Å². The van der Waals surface area contributed by atoms with Gasteiger partial charge in [-0.3, -0.25) is 9.59 Å². The molecule has 0 aromatic carbocycles. The molecule has 0 saturated heterocycles. The van der Waals surface area contributed by atoms with Crippen LogP contribution in [0.2, 0.25) is 0 Å². The van der Waals surface area contributed by atoms with Crippen LogP contribution in [-0.4, -0.2) is 27.6 Å². The predicted molar refractivity (Wildman–Crippen MR) is 75.8 cm³/mol. The monoisotopic (exact) mass is 344 g/mol. The van der Waals surface area contributed by atoms with E-state index in [4.69, 9.17) is 10.5 Å². The summed E-state index contributed by atoms with van der Waals surface area (Å²) in [6, 6.07) is 3.83. The lowest BCUT2D eigenvalue weighted by Gasteiger charge is -2.24. The molecule has 6 nitrogen and oxygen atoms in total. The first-order valence-corrected chi connectivity index (χ1v) is 6.75. The Balaban J connectivity index is 3.02. The number of esters is 1. The van der Waals surface area contributed by atoms with Crippen LogP contribution < -0.4 is 5.73 Å². The molecule has 0 aliphatic carbocycles. The highest BCUT2D eigenvalue weighted by atomic mass is 79.9. The summed E-state index contributed by atoms with van der Waals surface area (Å²) >= 11 is 3.17. The molecule has 2 atom stereocenters. The summed E-state index contributed by atoms with van der Waals surface area (Å²) in [5.74, 6) is -3.72. The summed E-state index contributed by atoms with van der Waals surface area (Å²) in [5, 5.41) is 9.22. The molecule has 2 unspecified atom stereocenters. The maximum absolute atomic E-state index is 12.0. The number of rotatable bonds is 4. The van der Waals surface area contributed by atoms with Gasteiger partial charge in [-0.15, -0.1) is 0 Å². The maximum atomic E-state index is 12.0. The number of aliphatic carboxylic acids is 1. The molecule has 3 N–H and O–H groups in total.